The van der Waals surface area contributed by atoms with Gasteiger partial charge in [-0.2, -0.15) is 0 Å². The summed E-state index contributed by atoms with van der Waals surface area (Å²) in [6, 6.07) is 7.72. The van der Waals surface area contributed by atoms with E-state index >= 15 is 0 Å². The van der Waals surface area contributed by atoms with Crippen molar-refractivity contribution < 1.29 is 23.9 Å². The maximum Gasteiger partial charge on any atom is 0.410 e. The Morgan fingerprint density at radius 1 is 0.902 bits per heavy atom. The summed E-state index contributed by atoms with van der Waals surface area (Å²) < 4.78 is 10.8. The molecular formula is C31H41N5O5. The summed E-state index contributed by atoms with van der Waals surface area (Å²) in [5.41, 5.74) is 1.34. The molecule has 41 heavy (non-hydrogen) atoms. The fraction of sp³-hybridized carbons (Fsp3) is 0.581. The number of hydrogen-bond donors (Lipinski definition) is 0. The predicted molar refractivity (Wildman–Crippen MR) is 153 cm³/mol. The average Bonchev–Trinajstić information content (AvgIpc) is 3.69. The standard InChI is InChI=1S/C31H41N5O5/c1-31(2,3)41-30(39)34-16-13-25(14-17-34)36(24-11-12-24)29(38)23-18-32-27(33-19-23)21-7-9-22(10-8-21)28(37)35-15-5-6-26(35)20-40-4/h7-10,18-19,24-26H,5-6,11-17,20H2,1-4H3. The van der Waals surface area contributed by atoms with E-state index in [2.05, 4.69) is 9.97 Å². The Kier molecular flexibility index (Phi) is 8.58. The van der Waals surface area contributed by atoms with Gasteiger partial charge in [0.25, 0.3) is 11.8 Å². The highest BCUT2D eigenvalue weighted by molar-refractivity contribution is 5.95. The molecule has 2 saturated heterocycles. The molecule has 0 radical (unpaired) electrons. The van der Waals surface area contributed by atoms with Crippen molar-refractivity contribution in [1.82, 2.24) is 24.7 Å². The van der Waals surface area contributed by atoms with Crippen LogP contribution in [-0.4, -0.2) is 99.7 Å². The summed E-state index contributed by atoms with van der Waals surface area (Å²) >= 11 is 0. The number of piperidine rings is 1. The van der Waals surface area contributed by atoms with Gasteiger partial charge in [-0.05, 0) is 71.4 Å². The molecular weight excluding hydrogens is 522 g/mol. The molecule has 10 nitrogen and oxygen atoms in total. The molecule has 10 heteroatoms. The molecule has 3 amide bonds. The Morgan fingerprint density at radius 2 is 1.54 bits per heavy atom. The summed E-state index contributed by atoms with van der Waals surface area (Å²) in [6.45, 7) is 8.01. The third-order valence-electron chi connectivity index (χ3n) is 7.97. The van der Waals surface area contributed by atoms with Gasteiger partial charge in [-0.3, -0.25) is 9.59 Å². The number of likely N-dealkylation sites (tertiary alicyclic amines) is 2. The molecule has 3 aliphatic rings. The van der Waals surface area contributed by atoms with Crippen molar-refractivity contribution in [2.24, 2.45) is 0 Å². The van der Waals surface area contributed by atoms with Crippen molar-refractivity contribution in [2.45, 2.75) is 83.0 Å². The smallest absolute Gasteiger partial charge is 0.410 e. The van der Waals surface area contributed by atoms with Crippen molar-refractivity contribution in [3.8, 4) is 11.4 Å². The zero-order chi connectivity index (χ0) is 29.1. The van der Waals surface area contributed by atoms with Crippen LogP contribution < -0.4 is 0 Å². The molecule has 1 unspecified atom stereocenters. The van der Waals surface area contributed by atoms with Crippen molar-refractivity contribution in [3.05, 3.63) is 47.8 Å². The van der Waals surface area contributed by atoms with Gasteiger partial charge in [0.05, 0.1) is 18.2 Å². The average molecular weight is 564 g/mol. The summed E-state index contributed by atoms with van der Waals surface area (Å²) in [5, 5.41) is 0. The molecule has 1 aromatic heterocycles. The second kappa shape index (κ2) is 12.1. The number of nitrogens with zero attached hydrogens (tertiary/aromatic N) is 5. The summed E-state index contributed by atoms with van der Waals surface area (Å²) in [6.07, 6.45) is 8.25. The molecule has 1 aromatic carbocycles. The minimum absolute atomic E-state index is 0.00931. The second-order valence-corrected chi connectivity index (χ2v) is 12.3. The van der Waals surface area contributed by atoms with E-state index in [1.807, 2.05) is 42.7 Å². The van der Waals surface area contributed by atoms with Crippen LogP contribution in [0.4, 0.5) is 4.79 Å². The first-order chi connectivity index (χ1) is 19.6. The van der Waals surface area contributed by atoms with E-state index in [0.717, 1.165) is 50.6 Å². The highest BCUT2D eigenvalue weighted by Gasteiger charge is 2.40. The third kappa shape index (κ3) is 6.86. The van der Waals surface area contributed by atoms with Gasteiger partial charge in [0.2, 0.25) is 0 Å². The van der Waals surface area contributed by atoms with Crippen LogP contribution in [0, 0.1) is 0 Å². The van der Waals surface area contributed by atoms with Crippen molar-refractivity contribution in [1.29, 1.82) is 0 Å². The number of aromatic nitrogens is 2. The largest absolute Gasteiger partial charge is 0.444 e. The molecule has 0 spiro atoms. The number of methoxy groups -OCH3 is 1. The third-order valence-corrected chi connectivity index (χ3v) is 7.97. The minimum Gasteiger partial charge on any atom is -0.444 e. The lowest BCUT2D eigenvalue weighted by Crippen LogP contribution is -2.50. The monoisotopic (exact) mass is 563 g/mol. The zero-order valence-electron chi connectivity index (χ0n) is 24.5. The number of hydrogen-bond acceptors (Lipinski definition) is 7. The van der Waals surface area contributed by atoms with Gasteiger partial charge in [0, 0.05) is 62.3 Å². The Morgan fingerprint density at radius 3 is 2.12 bits per heavy atom. The van der Waals surface area contributed by atoms with E-state index in [-0.39, 0.29) is 36.0 Å². The van der Waals surface area contributed by atoms with Crippen LogP contribution in [0.5, 0.6) is 0 Å². The first kappa shape index (κ1) is 29.0. The van der Waals surface area contributed by atoms with Gasteiger partial charge in [0.1, 0.15) is 5.60 Å². The summed E-state index contributed by atoms with van der Waals surface area (Å²) in [5.74, 6) is 0.449. The van der Waals surface area contributed by atoms with Gasteiger partial charge in [-0.1, -0.05) is 12.1 Å². The Balaban J connectivity index is 1.21. The van der Waals surface area contributed by atoms with Gasteiger partial charge >= 0.3 is 6.09 Å². The molecule has 1 saturated carbocycles. The first-order valence-corrected chi connectivity index (χ1v) is 14.7. The molecule has 220 valence electrons. The molecule has 5 rings (SSSR count). The maximum absolute atomic E-state index is 13.6. The van der Waals surface area contributed by atoms with E-state index in [0.29, 0.717) is 36.6 Å². The fourth-order valence-electron chi connectivity index (χ4n) is 5.77. The van der Waals surface area contributed by atoms with Crippen LogP contribution in [0.3, 0.4) is 0 Å². The Bertz CT molecular complexity index is 1230. The number of rotatable bonds is 7. The first-order valence-electron chi connectivity index (χ1n) is 14.7. The molecule has 3 heterocycles. The van der Waals surface area contributed by atoms with Crippen LogP contribution in [-0.2, 0) is 9.47 Å². The topological polar surface area (TPSA) is 105 Å². The SMILES string of the molecule is COCC1CCCN1C(=O)c1ccc(-c2ncc(C(=O)N(C3CC3)C3CCN(C(=O)OC(C)(C)C)CC3)cn2)cc1. The highest BCUT2D eigenvalue weighted by atomic mass is 16.6. The molecule has 1 atom stereocenters. The number of amides is 3. The zero-order valence-corrected chi connectivity index (χ0v) is 24.5. The van der Waals surface area contributed by atoms with Crippen LogP contribution in [0.1, 0.15) is 80.0 Å². The molecule has 2 aromatic rings. The van der Waals surface area contributed by atoms with Gasteiger partial charge in [0.15, 0.2) is 5.82 Å². The Hall–Kier alpha value is -3.53. The molecule has 0 N–H and O–H groups in total. The Labute approximate surface area is 242 Å². The number of ether oxygens (including phenoxy) is 2. The normalized spacial score (nSPS) is 19.8. The van der Waals surface area contributed by atoms with E-state index in [4.69, 9.17) is 9.47 Å². The van der Waals surface area contributed by atoms with Crippen molar-refractivity contribution in [2.75, 3.05) is 33.4 Å². The lowest BCUT2D eigenvalue weighted by Gasteiger charge is -2.39. The van der Waals surface area contributed by atoms with Crippen LogP contribution in [0.15, 0.2) is 36.7 Å². The number of benzene rings is 1. The van der Waals surface area contributed by atoms with E-state index in [9.17, 15) is 14.4 Å². The molecule has 3 fully saturated rings. The molecule has 0 bridgehead atoms. The maximum atomic E-state index is 13.6. The van der Waals surface area contributed by atoms with Crippen LogP contribution in [0.2, 0.25) is 0 Å². The highest BCUT2D eigenvalue weighted by Crippen LogP contribution is 2.33. The summed E-state index contributed by atoms with van der Waals surface area (Å²) in [7, 11) is 1.66. The van der Waals surface area contributed by atoms with Gasteiger partial charge in [-0.25, -0.2) is 14.8 Å². The second-order valence-electron chi connectivity index (χ2n) is 12.3. The predicted octanol–water partition coefficient (Wildman–Crippen LogP) is 4.40. The van der Waals surface area contributed by atoms with E-state index in [1.54, 1.807) is 36.5 Å². The number of carbonyl (C=O) groups excluding carboxylic acids is 3. The minimum atomic E-state index is -0.531. The van der Waals surface area contributed by atoms with E-state index < -0.39 is 5.60 Å². The summed E-state index contributed by atoms with van der Waals surface area (Å²) in [4.78, 5) is 53.7. The van der Waals surface area contributed by atoms with E-state index in [1.165, 1.54) is 0 Å². The molecule has 2 aliphatic heterocycles. The van der Waals surface area contributed by atoms with Crippen molar-refractivity contribution >= 4 is 17.9 Å². The lowest BCUT2D eigenvalue weighted by atomic mass is 10.0. The number of carbonyl (C=O) groups is 3. The van der Waals surface area contributed by atoms with Crippen molar-refractivity contribution in [3.63, 3.8) is 0 Å². The van der Waals surface area contributed by atoms with Gasteiger partial charge < -0.3 is 24.2 Å². The molecule has 1 aliphatic carbocycles. The van der Waals surface area contributed by atoms with Crippen LogP contribution >= 0.6 is 0 Å². The lowest BCUT2D eigenvalue weighted by molar-refractivity contribution is 0.0142. The quantitative estimate of drug-likeness (QED) is 0.492. The fourth-order valence-corrected chi connectivity index (χ4v) is 5.77. The van der Waals surface area contributed by atoms with Crippen LogP contribution in [0.25, 0.3) is 11.4 Å². The van der Waals surface area contributed by atoms with Gasteiger partial charge in [-0.15, -0.1) is 0 Å².